The molecule has 0 amide bonds. The van der Waals surface area contributed by atoms with Crippen LogP contribution in [0, 0.1) is 0 Å². The van der Waals surface area contributed by atoms with Crippen molar-refractivity contribution in [2.24, 2.45) is 5.73 Å². The molecule has 0 bridgehead atoms. The lowest BCUT2D eigenvalue weighted by molar-refractivity contribution is 0.727. The van der Waals surface area contributed by atoms with Crippen LogP contribution in [0.25, 0.3) is 10.9 Å². The van der Waals surface area contributed by atoms with E-state index in [0.717, 1.165) is 12.2 Å². The fraction of sp³-hybridized carbons (Fsp3) is 0.273. The van der Waals surface area contributed by atoms with Crippen molar-refractivity contribution < 1.29 is 0 Å². The molecule has 1 aliphatic rings. The molecule has 0 radical (unpaired) electrons. The number of rotatable bonds is 0. The van der Waals surface area contributed by atoms with Crippen LogP contribution in [-0.4, -0.2) is 16.8 Å². The molecule has 0 spiro atoms. The van der Waals surface area contributed by atoms with Gasteiger partial charge in [0, 0.05) is 22.7 Å². The fourth-order valence-corrected chi connectivity index (χ4v) is 3.06. The lowest BCUT2D eigenvalue weighted by Gasteiger charge is -2.17. The average molecular weight is 204 g/mol. The first-order valence-corrected chi connectivity index (χ1v) is 5.81. The Morgan fingerprint density at radius 1 is 1.36 bits per heavy atom. The van der Waals surface area contributed by atoms with Gasteiger partial charge in [0.2, 0.25) is 0 Å². The number of nitrogens with one attached hydrogen (secondary N) is 1. The smallest absolute Gasteiger partial charge is 0.0766 e. The second kappa shape index (κ2) is 3.04. The van der Waals surface area contributed by atoms with Crippen LogP contribution >= 0.6 is 11.8 Å². The van der Waals surface area contributed by atoms with Crippen LogP contribution in [0.4, 0.5) is 0 Å². The molecule has 3 rings (SSSR count). The number of nitrogens with two attached hydrogens (primary N) is 1. The summed E-state index contributed by atoms with van der Waals surface area (Å²) in [7, 11) is 0. The fourth-order valence-electron chi connectivity index (χ4n) is 2.01. The Bertz CT molecular complexity index is 475. The monoisotopic (exact) mass is 204 g/mol. The van der Waals surface area contributed by atoms with Gasteiger partial charge in [-0.3, -0.25) is 0 Å². The van der Waals surface area contributed by atoms with E-state index >= 15 is 0 Å². The van der Waals surface area contributed by atoms with Crippen LogP contribution in [0.15, 0.2) is 29.3 Å². The number of fused-ring (bicyclic) bond motifs is 3. The highest BCUT2D eigenvalue weighted by Gasteiger charge is 2.19. The third-order valence-electron chi connectivity index (χ3n) is 2.68. The molecule has 0 fully saturated rings. The summed E-state index contributed by atoms with van der Waals surface area (Å²) >= 11 is 1.84. The van der Waals surface area contributed by atoms with Crippen molar-refractivity contribution in [3.05, 3.63) is 29.8 Å². The molecule has 2 heterocycles. The highest BCUT2D eigenvalue weighted by atomic mass is 32.2. The second-order valence-corrected chi connectivity index (χ2v) is 4.78. The van der Waals surface area contributed by atoms with E-state index < -0.39 is 0 Å². The number of thioether (sulfide) groups is 1. The first-order valence-electron chi connectivity index (χ1n) is 4.82. The minimum atomic E-state index is 0.312. The van der Waals surface area contributed by atoms with Crippen molar-refractivity contribution in [3.63, 3.8) is 0 Å². The predicted molar refractivity (Wildman–Crippen MR) is 60.7 cm³/mol. The third kappa shape index (κ3) is 1.16. The van der Waals surface area contributed by atoms with Gasteiger partial charge in [-0.1, -0.05) is 18.2 Å². The number of para-hydroxylation sites is 1. The molecular formula is C11H12N2S. The summed E-state index contributed by atoms with van der Waals surface area (Å²) in [6, 6.07) is 8.76. The van der Waals surface area contributed by atoms with Crippen molar-refractivity contribution in [1.82, 2.24) is 4.98 Å². The van der Waals surface area contributed by atoms with E-state index in [4.69, 9.17) is 5.73 Å². The third-order valence-corrected chi connectivity index (χ3v) is 3.91. The van der Waals surface area contributed by atoms with E-state index in [9.17, 15) is 0 Å². The largest absolute Gasteiger partial charge is 0.349 e. The first-order chi connectivity index (χ1) is 6.84. The quantitative estimate of drug-likeness (QED) is 0.690. The molecule has 1 atom stereocenters. The lowest BCUT2D eigenvalue weighted by atomic mass is 10.1. The molecular weight excluding hydrogens is 192 g/mol. The van der Waals surface area contributed by atoms with E-state index in [0.29, 0.717) is 6.04 Å². The van der Waals surface area contributed by atoms with E-state index in [1.54, 1.807) is 0 Å². The molecule has 1 aliphatic heterocycles. The Morgan fingerprint density at radius 3 is 3.14 bits per heavy atom. The Kier molecular flexibility index (Phi) is 1.82. The van der Waals surface area contributed by atoms with E-state index in [2.05, 4.69) is 29.2 Å². The van der Waals surface area contributed by atoms with Crippen LogP contribution in [0.1, 0.15) is 5.56 Å². The summed E-state index contributed by atoms with van der Waals surface area (Å²) in [5.41, 5.74) is 8.61. The molecule has 1 aromatic carbocycles. The van der Waals surface area contributed by atoms with Gasteiger partial charge in [0.05, 0.1) is 5.03 Å². The van der Waals surface area contributed by atoms with E-state index in [1.165, 1.54) is 21.5 Å². The topological polar surface area (TPSA) is 41.8 Å². The highest BCUT2D eigenvalue weighted by Crippen LogP contribution is 2.34. The summed E-state index contributed by atoms with van der Waals surface area (Å²) in [4.78, 5) is 3.44. The predicted octanol–water partition coefficient (Wildman–Crippen LogP) is 2.14. The number of aromatic amines is 1. The van der Waals surface area contributed by atoms with Crippen LogP contribution in [-0.2, 0) is 6.42 Å². The van der Waals surface area contributed by atoms with Crippen LogP contribution < -0.4 is 5.73 Å². The number of benzene rings is 1. The van der Waals surface area contributed by atoms with Crippen molar-refractivity contribution >= 4 is 22.7 Å². The number of hydrogen-bond donors (Lipinski definition) is 2. The van der Waals surface area contributed by atoms with Gasteiger partial charge in [0.25, 0.3) is 0 Å². The van der Waals surface area contributed by atoms with Crippen molar-refractivity contribution in [3.8, 4) is 0 Å². The summed E-state index contributed by atoms with van der Waals surface area (Å²) < 4.78 is 0. The zero-order chi connectivity index (χ0) is 9.54. The average Bonchev–Trinajstić information content (AvgIpc) is 2.56. The lowest BCUT2D eigenvalue weighted by Crippen LogP contribution is -2.28. The van der Waals surface area contributed by atoms with Crippen LogP contribution in [0.5, 0.6) is 0 Å². The standard InChI is InChI=1S/C11H12N2S/c12-7-5-9-8-3-1-2-4-10(8)13-11(9)14-6-7/h1-4,7,13H,5-6,12H2. The molecule has 2 nitrogen and oxygen atoms in total. The van der Waals surface area contributed by atoms with Gasteiger partial charge in [-0.05, 0) is 18.1 Å². The molecule has 1 unspecified atom stereocenters. The minimum absolute atomic E-state index is 0.312. The van der Waals surface area contributed by atoms with Gasteiger partial charge in [0.15, 0.2) is 0 Å². The summed E-state index contributed by atoms with van der Waals surface area (Å²) in [6.45, 7) is 0. The molecule has 14 heavy (non-hydrogen) atoms. The molecule has 3 heteroatoms. The Balaban J connectivity index is 2.25. The van der Waals surface area contributed by atoms with Gasteiger partial charge >= 0.3 is 0 Å². The Hall–Kier alpha value is -0.930. The van der Waals surface area contributed by atoms with Gasteiger partial charge in [0.1, 0.15) is 0 Å². The maximum absolute atomic E-state index is 5.97. The van der Waals surface area contributed by atoms with Crippen molar-refractivity contribution in [1.29, 1.82) is 0 Å². The maximum Gasteiger partial charge on any atom is 0.0766 e. The molecule has 3 N–H and O–H groups in total. The Labute approximate surface area is 86.9 Å². The van der Waals surface area contributed by atoms with E-state index in [1.807, 2.05) is 11.8 Å². The molecule has 2 aromatic rings. The minimum Gasteiger partial charge on any atom is -0.349 e. The van der Waals surface area contributed by atoms with Gasteiger partial charge in [-0.2, -0.15) is 0 Å². The van der Waals surface area contributed by atoms with Crippen LogP contribution in [0.2, 0.25) is 0 Å². The molecule has 72 valence electrons. The number of aromatic nitrogens is 1. The van der Waals surface area contributed by atoms with Crippen LogP contribution in [0.3, 0.4) is 0 Å². The molecule has 0 saturated carbocycles. The summed E-state index contributed by atoms with van der Waals surface area (Å²) in [5, 5.41) is 2.65. The van der Waals surface area contributed by atoms with Gasteiger partial charge in [-0.25, -0.2) is 0 Å². The molecule has 0 saturated heterocycles. The van der Waals surface area contributed by atoms with Crippen molar-refractivity contribution in [2.45, 2.75) is 17.5 Å². The first kappa shape index (κ1) is 8.38. The van der Waals surface area contributed by atoms with Gasteiger partial charge in [-0.15, -0.1) is 11.8 Å². The zero-order valence-electron chi connectivity index (χ0n) is 7.79. The second-order valence-electron chi connectivity index (χ2n) is 3.75. The number of hydrogen-bond acceptors (Lipinski definition) is 2. The number of H-pyrrole nitrogens is 1. The SMILES string of the molecule is NC1CSc2[nH]c3ccccc3c2C1. The molecule has 0 aliphatic carbocycles. The molecule has 1 aromatic heterocycles. The van der Waals surface area contributed by atoms with Crippen molar-refractivity contribution in [2.75, 3.05) is 5.75 Å². The summed E-state index contributed by atoms with van der Waals surface area (Å²) in [6.07, 6.45) is 1.01. The highest BCUT2D eigenvalue weighted by molar-refractivity contribution is 7.99. The van der Waals surface area contributed by atoms with E-state index in [-0.39, 0.29) is 0 Å². The zero-order valence-corrected chi connectivity index (χ0v) is 8.60. The van der Waals surface area contributed by atoms with Gasteiger partial charge < -0.3 is 10.7 Å². The Morgan fingerprint density at radius 2 is 2.21 bits per heavy atom. The maximum atomic E-state index is 5.97. The normalized spacial score (nSPS) is 21.1. The summed E-state index contributed by atoms with van der Waals surface area (Å²) in [5.74, 6) is 1.03.